The lowest BCUT2D eigenvalue weighted by Crippen LogP contribution is -2.44. The SMILES string of the molecule is O=S(=O)(CC1CCCCC1)NC1CCNCC1. The summed E-state index contributed by atoms with van der Waals surface area (Å²) < 4.78 is 26.9. The van der Waals surface area contributed by atoms with E-state index in [4.69, 9.17) is 0 Å². The molecule has 2 N–H and O–H groups in total. The number of piperidine rings is 1. The molecule has 100 valence electrons. The van der Waals surface area contributed by atoms with Gasteiger partial charge in [0.05, 0.1) is 5.75 Å². The predicted octanol–water partition coefficient (Wildman–Crippen LogP) is 1.24. The highest BCUT2D eigenvalue weighted by molar-refractivity contribution is 7.89. The summed E-state index contributed by atoms with van der Waals surface area (Å²) in [5.41, 5.74) is 0. The van der Waals surface area contributed by atoms with Gasteiger partial charge < -0.3 is 5.32 Å². The standard InChI is InChI=1S/C12H24N2O2S/c15-17(16,10-11-4-2-1-3-5-11)14-12-6-8-13-9-7-12/h11-14H,1-10H2. The molecule has 0 bridgehead atoms. The smallest absolute Gasteiger partial charge is 0.212 e. The highest BCUT2D eigenvalue weighted by Gasteiger charge is 2.24. The number of hydrogen-bond acceptors (Lipinski definition) is 3. The van der Waals surface area contributed by atoms with E-state index in [1.165, 1.54) is 19.3 Å². The Bertz CT molecular complexity index is 291. The molecular formula is C12H24N2O2S. The van der Waals surface area contributed by atoms with Gasteiger partial charge in [-0.05, 0) is 44.7 Å². The molecule has 0 aromatic rings. The molecule has 0 aromatic heterocycles. The molecule has 4 nitrogen and oxygen atoms in total. The number of rotatable bonds is 4. The van der Waals surface area contributed by atoms with E-state index >= 15 is 0 Å². The lowest BCUT2D eigenvalue weighted by atomic mass is 9.91. The van der Waals surface area contributed by atoms with Gasteiger partial charge in [0.15, 0.2) is 0 Å². The topological polar surface area (TPSA) is 58.2 Å². The molecule has 2 aliphatic rings. The van der Waals surface area contributed by atoms with E-state index in [2.05, 4.69) is 10.0 Å². The first kappa shape index (κ1) is 13.3. The summed E-state index contributed by atoms with van der Waals surface area (Å²) in [4.78, 5) is 0. The lowest BCUT2D eigenvalue weighted by Gasteiger charge is -2.26. The Morgan fingerprint density at radius 3 is 2.29 bits per heavy atom. The second kappa shape index (κ2) is 6.16. The molecular weight excluding hydrogens is 236 g/mol. The average molecular weight is 260 g/mol. The van der Waals surface area contributed by atoms with Crippen LogP contribution in [0.3, 0.4) is 0 Å². The normalized spacial score (nSPS) is 24.9. The van der Waals surface area contributed by atoms with Crippen molar-refractivity contribution in [1.82, 2.24) is 10.0 Å². The van der Waals surface area contributed by atoms with Crippen molar-refractivity contribution in [3.05, 3.63) is 0 Å². The van der Waals surface area contributed by atoms with Crippen LogP contribution < -0.4 is 10.0 Å². The van der Waals surface area contributed by atoms with E-state index in [9.17, 15) is 8.42 Å². The van der Waals surface area contributed by atoms with Crippen LogP contribution in [0.2, 0.25) is 0 Å². The minimum Gasteiger partial charge on any atom is -0.317 e. The molecule has 1 aliphatic carbocycles. The number of hydrogen-bond donors (Lipinski definition) is 2. The molecule has 2 fully saturated rings. The van der Waals surface area contributed by atoms with Gasteiger partial charge in [0.2, 0.25) is 10.0 Å². The van der Waals surface area contributed by atoms with Gasteiger partial charge in [-0.1, -0.05) is 19.3 Å². The zero-order valence-corrected chi connectivity index (χ0v) is 11.3. The summed E-state index contributed by atoms with van der Waals surface area (Å²) in [6.07, 6.45) is 7.70. The summed E-state index contributed by atoms with van der Waals surface area (Å²) in [6.45, 7) is 1.85. The third-order valence-electron chi connectivity index (χ3n) is 3.87. The molecule has 1 aliphatic heterocycles. The third kappa shape index (κ3) is 4.56. The third-order valence-corrected chi connectivity index (χ3v) is 5.47. The van der Waals surface area contributed by atoms with E-state index in [-0.39, 0.29) is 6.04 Å². The fourth-order valence-corrected chi connectivity index (χ4v) is 4.70. The van der Waals surface area contributed by atoms with Gasteiger partial charge in [-0.3, -0.25) is 0 Å². The van der Waals surface area contributed by atoms with Gasteiger partial charge in [-0.2, -0.15) is 0 Å². The molecule has 1 heterocycles. The second-order valence-electron chi connectivity index (χ2n) is 5.43. The van der Waals surface area contributed by atoms with Gasteiger partial charge in [0.1, 0.15) is 0 Å². The second-order valence-corrected chi connectivity index (χ2v) is 7.23. The van der Waals surface area contributed by atoms with Crippen LogP contribution in [-0.4, -0.2) is 33.3 Å². The van der Waals surface area contributed by atoms with Crippen molar-refractivity contribution in [2.75, 3.05) is 18.8 Å². The van der Waals surface area contributed by atoms with Crippen LogP contribution in [0.1, 0.15) is 44.9 Å². The van der Waals surface area contributed by atoms with Crippen LogP contribution in [-0.2, 0) is 10.0 Å². The first-order chi connectivity index (χ1) is 8.16. The maximum absolute atomic E-state index is 12.0. The van der Waals surface area contributed by atoms with E-state index in [0.717, 1.165) is 38.8 Å². The summed E-state index contributed by atoms with van der Waals surface area (Å²) in [7, 11) is -3.06. The van der Waals surface area contributed by atoms with Crippen molar-refractivity contribution >= 4 is 10.0 Å². The van der Waals surface area contributed by atoms with E-state index in [0.29, 0.717) is 11.7 Å². The van der Waals surface area contributed by atoms with Crippen LogP contribution in [0.5, 0.6) is 0 Å². The average Bonchev–Trinajstić information content (AvgIpc) is 2.30. The minimum atomic E-state index is -3.06. The predicted molar refractivity (Wildman–Crippen MR) is 69.4 cm³/mol. The summed E-state index contributed by atoms with van der Waals surface area (Å²) in [6, 6.07) is 0.157. The molecule has 0 radical (unpaired) electrons. The molecule has 5 heteroatoms. The van der Waals surface area contributed by atoms with Crippen molar-refractivity contribution < 1.29 is 8.42 Å². The lowest BCUT2D eigenvalue weighted by molar-refractivity contribution is 0.379. The van der Waals surface area contributed by atoms with Crippen LogP contribution in [0.25, 0.3) is 0 Å². The van der Waals surface area contributed by atoms with E-state index in [1.807, 2.05) is 0 Å². The van der Waals surface area contributed by atoms with E-state index in [1.54, 1.807) is 0 Å². The first-order valence-corrected chi connectivity index (χ1v) is 8.52. The molecule has 17 heavy (non-hydrogen) atoms. The van der Waals surface area contributed by atoms with Crippen molar-refractivity contribution in [1.29, 1.82) is 0 Å². The van der Waals surface area contributed by atoms with Crippen molar-refractivity contribution in [2.24, 2.45) is 5.92 Å². The molecule has 0 amide bonds. The monoisotopic (exact) mass is 260 g/mol. The molecule has 0 spiro atoms. The number of nitrogens with one attached hydrogen (secondary N) is 2. The highest BCUT2D eigenvalue weighted by atomic mass is 32.2. The minimum absolute atomic E-state index is 0.157. The Morgan fingerprint density at radius 2 is 1.65 bits per heavy atom. The Labute approximate surface area is 105 Å². The maximum atomic E-state index is 12.0. The fraction of sp³-hybridized carbons (Fsp3) is 1.00. The summed E-state index contributed by atoms with van der Waals surface area (Å²) in [5.74, 6) is 0.736. The summed E-state index contributed by atoms with van der Waals surface area (Å²) >= 11 is 0. The van der Waals surface area contributed by atoms with Crippen molar-refractivity contribution in [3.63, 3.8) is 0 Å². The Hall–Kier alpha value is -0.130. The van der Waals surface area contributed by atoms with Gasteiger partial charge in [-0.25, -0.2) is 13.1 Å². The van der Waals surface area contributed by atoms with Crippen LogP contribution in [0, 0.1) is 5.92 Å². The van der Waals surface area contributed by atoms with Gasteiger partial charge >= 0.3 is 0 Å². The molecule has 1 saturated carbocycles. The van der Waals surface area contributed by atoms with Gasteiger partial charge in [0.25, 0.3) is 0 Å². The Morgan fingerprint density at radius 1 is 1.00 bits per heavy atom. The molecule has 0 unspecified atom stereocenters. The number of sulfonamides is 1. The largest absolute Gasteiger partial charge is 0.317 e. The summed E-state index contributed by atoms with van der Waals surface area (Å²) in [5, 5.41) is 3.25. The molecule has 2 rings (SSSR count). The van der Waals surface area contributed by atoms with Crippen LogP contribution in [0.15, 0.2) is 0 Å². The van der Waals surface area contributed by atoms with Gasteiger partial charge in [-0.15, -0.1) is 0 Å². The van der Waals surface area contributed by atoms with Crippen LogP contribution >= 0.6 is 0 Å². The highest BCUT2D eigenvalue weighted by Crippen LogP contribution is 2.24. The van der Waals surface area contributed by atoms with Crippen molar-refractivity contribution in [3.8, 4) is 0 Å². The Balaban J connectivity index is 1.80. The fourth-order valence-electron chi connectivity index (χ4n) is 2.91. The van der Waals surface area contributed by atoms with Crippen molar-refractivity contribution in [2.45, 2.75) is 51.0 Å². The molecule has 0 atom stereocenters. The van der Waals surface area contributed by atoms with Gasteiger partial charge in [0, 0.05) is 6.04 Å². The zero-order valence-electron chi connectivity index (χ0n) is 10.5. The quantitative estimate of drug-likeness (QED) is 0.799. The van der Waals surface area contributed by atoms with Crippen LogP contribution in [0.4, 0.5) is 0 Å². The van der Waals surface area contributed by atoms with E-state index < -0.39 is 10.0 Å². The molecule has 1 saturated heterocycles. The zero-order chi connectivity index (χ0) is 12.1. The maximum Gasteiger partial charge on any atom is 0.212 e. The Kier molecular flexibility index (Phi) is 4.82. The molecule has 0 aromatic carbocycles. The first-order valence-electron chi connectivity index (χ1n) is 6.86.